The van der Waals surface area contributed by atoms with E-state index in [-0.39, 0.29) is 25.0 Å². The van der Waals surface area contributed by atoms with E-state index in [0.29, 0.717) is 37.3 Å². The van der Waals surface area contributed by atoms with E-state index in [2.05, 4.69) is 42.4 Å². The van der Waals surface area contributed by atoms with E-state index >= 15 is 0 Å². The minimum atomic E-state index is -0.449. The fraction of sp³-hybridized carbons (Fsp3) is 0.0909. The zero-order valence-electron chi connectivity index (χ0n) is 16.8. The molecule has 0 unspecified atom stereocenters. The van der Waals surface area contributed by atoms with Crippen LogP contribution in [0.4, 0.5) is 5.69 Å². The first-order valence-electron chi connectivity index (χ1n) is 9.49. The van der Waals surface area contributed by atoms with Gasteiger partial charge in [-0.05, 0) is 85.5 Å². The molecule has 0 atom stereocenters. The van der Waals surface area contributed by atoms with Gasteiger partial charge in [-0.2, -0.15) is 5.10 Å². The fourth-order valence-electron chi connectivity index (χ4n) is 2.93. The van der Waals surface area contributed by atoms with Crippen molar-refractivity contribution in [2.24, 2.45) is 5.10 Å². The number of halogens is 2. The number of nitrogens with zero attached hydrogens (tertiary/aromatic N) is 2. The van der Waals surface area contributed by atoms with Crippen molar-refractivity contribution in [3.63, 3.8) is 0 Å². The number of nitrogens with one attached hydrogen (secondary N) is 1. The lowest BCUT2D eigenvalue weighted by Gasteiger charge is -2.11. The highest BCUT2D eigenvalue weighted by Crippen LogP contribution is 2.35. The normalized spacial score (nSPS) is 12.1. The highest BCUT2D eigenvalue weighted by atomic mass is 79.9. The third kappa shape index (κ3) is 5.49. The highest BCUT2D eigenvalue weighted by molar-refractivity contribution is 9.11. The van der Waals surface area contributed by atoms with Gasteiger partial charge in [0.25, 0.3) is 11.6 Å². The molecule has 3 aromatic carbocycles. The van der Waals surface area contributed by atoms with E-state index in [1.165, 1.54) is 18.3 Å². The molecule has 9 nitrogen and oxygen atoms in total. The van der Waals surface area contributed by atoms with Gasteiger partial charge in [0.1, 0.15) is 12.4 Å². The molecule has 1 N–H and O–H groups in total. The van der Waals surface area contributed by atoms with Crippen LogP contribution >= 0.6 is 31.9 Å². The Morgan fingerprint density at radius 2 is 1.79 bits per heavy atom. The van der Waals surface area contributed by atoms with E-state index in [1.807, 2.05) is 0 Å². The maximum Gasteiger partial charge on any atom is 0.271 e. The van der Waals surface area contributed by atoms with Crippen molar-refractivity contribution in [3.8, 4) is 17.2 Å². The number of benzene rings is 3. The number of non-ortho nitro benzene ring substituents is 1. The van der Waals surface area contributed by atoms with Gasteiger partial charge in [-0.3, -0.25) is 14.9 Å². The molecular formula is C22H15Br2N3O6. The summed E-state index contributed by atoms with van der Waals surface area (Å²) in [4.78, 5) is 22.6. The molecule has 0 radical (unpaired) electrons. The van der Waals surface area contributed by atoms with Crippen LogP contribution in [0, 0.1) is 10.1 Å². The molecule has 1 aliphatic rings. The predicted molar refractivity (Wildman–Crippen MR) is 127 cm³/mol. The van der Waals surface area contributed by atoms with Crippen LogP contribution in [-0.4, -0.2) is 23.8 Å². The first-order valence-corrected chi connectivity index (χ1v) is 11.1. The van der Waals surface area contributed by atoms with E-state index in [4.69, 9.17) is 14.2 Å². The Morgan fingerprint density at radius 1 is 1.09 bits per heavy atom. The number of hydrazone groups is 1. The smallest absolute Gasteiger partial charge is 0.271 e. The van der Waals surface area contributed by atoms with Gasteiger partial charge < -0.3 is 14.2 Å². The molecule has 0 saturated carbocycles. The van der Waals surface area contributed by atoms with E-state index in [9.17, 15) is 14.9 Å². The Balaban J connectivity index is 1.37. The number of fused-ring (bicyclic) bond motifs is 1. The van der Waals surface area contributed by atoms with Gasteiger partial charge in [-0.15, -0.1) is 0 Å². The third-order valence-corrected chi connectivity index (χ3v) is 5.74. The van der Waals surface area contributed by atoms with Crippen molar-refractivity contribution in [2.75, 3.05) is 6.79 Å². The average Bonchev–Trinajstić information content (AvgIpc) is 3.26. The molecule has 0 saturated heterocycles. The van der Waals surface area contributed by atoms with Gasteiger partial charge in [0.05, 0.1) is 20.1 Å². The summed E-state index contributed by atoms with van der Waals surface area (Å²) in [5, 5.41) is 14.8. The lowest BCUT2D eigenvalue weighted by Crippen LogP contribution is -2.17. The van der Waals surface area contributed by atoms with Crippen LogP contribution < -0.4 is 19.6 Å². The highest BCUT2D eigenvalue weighted by Gasteiger charge is 2.16. The van der Waals surface area contributed by atoms with Crippen molar-refractivity contribution >= 4 is 49.7 Å². The Bertz CT molecular complexity index is 1220. The molecular weight excluding hydrogens is 562 g/mol. The maximum atomic E-state index is 12.3. The SMILES string of the molecule is O=C(N/N=C\c1cc(Br)c(OCc2ccc([N+](=O)[O-])cc2)c(Br)c1)c1ccc2c(c1)OCO2. The lowest BCUT2D eigenvalue weighted by atomic mass is 10.2. The summed E-state index contributed by atoms with van der Waals surface area (Å²) in [6, 6.07) is 14.6. The molecule has 1 heterocycles. The van der Waals surface area contributed by atoms with Gasteiger partial charge in [0.2, 0.25) is 6.79 Å². The quantitative estimate of drug-likeness (QED) is 0.235. The van der Waals surface area contributed by atoms with Gasteiger partial charge >= 0.3 is 0 Å². The monoisotopic (exact) mass is 575 g/mol. The molecule has 0 aliphatic carbocycles. The third-order valence-electron chi connectivity index (χ3n) is 4.57. The summed E-state index contributed by atoms with van der Waals surface area (Å²) in [6.07, 6.45) is 1.50. The number of hydrogen-bond donors (Lipinski definition) is 1. The fourth-order valence-corrected chi connectivity index (χ4v) is 4.38. The molecule has 3 aromatic rings. The molecule has 1 amide bonds. The van der Waals surface area contributed by atoms with Crippen LogP contribution in [0.25, 0.3) is 0 Å². The standard InChI is InChI=1S/C22H15Br2N3O6/c23-17-7-14(10-25-26-22(28)15-3-6-19-20(9-15)33-12-32-19)8-18(24)21(17)31-11-13-1-4-16(5-2-13)27(29)30/h1-10H,11-12H2,(H,26,28)/b25-10-. The van der Waals surface area contributed by atoms with E-state index in [0.717, 1.165) is 5.56 Å². The van der Waals surface area contributed by atoms with Crippen molar-refractivity contribution in [1.82, 2.24) is 5.43 Å². The zero-order chi connectivity index (χ0) is 23.4. The second kappa shape index (κ2) is 10.0. The number of amides is 1. The minimum Gasteiger partial charge on any atom is -0.487 e. The summed E-state index contributed by atoms with van der Waals surface area (Å²) in [5.74, 6) is 1.30. The second-order valence-corrected chi connectivity index (χ2v) is 8.50. The molecule has 0 aromatic heterocycles. The number of nitro benzene ring substituents is 1. The van der Waals surface area contributed by atoms with Crippen molar-refractivity contribution < 1.29 is 23.9 Å². The Labute approximate surface area is 204 Å². The van der Waals surface area contributed by atoms with E-state index < -0.39 is 4.92 Å². The molecule has 0 spiro atoms. The summed E-state index contributed by atoms with van der Waals surface area (Å²) in [5.41, 5.74) is 4.39. The second-order valence-electron chi connectivity index (χ2n) is 6.79. The lowest BCUT2D eigenvalue weighted by molar-refractivity contribution is -0.384. The summed E-state index contributed by atoms with van der Waals surface area (Å²) >= 11 is 6.94. The number of hydrogen-bond acceptors (Lipinski definition) is 7. The Kier molecular flexibility index (Phi) is 6.90. The number of nitro groups is 1. The summed E-state index contributed by atoms with van der Waals surface area (Å²) in [7, 11) is 0. The van der Waals surface area contributed by atoms with Crippen LogP contribution in [0.2, 0.25) is 0 Å². The van der Waals surface area contributed by atoms with Crippen LogP contribution in [0.5, 0.6) is 17.2 Å². The Hall–Kier alpha value is -3.44. The molecule has 33 heavy (non-hydrogen) atoms. The number of rotatable bonds is 7. The van der Waals surface area contributed by atoms with Crippen LogP contribution in [0.3, 0.4) is 0 Å². The van der Waals surface area contributed by atoms with Crippen LogP contribution in [-0.2, 0) is 6.61 Å². The average molecular weight is 577 g/mol. The predicted octanol–water partition coefficient (Wildman–Crippen LogP) is 5.19. The van der Waals surface area contributed by atoms with Crippen LogP contribution in [0.1, 0.15) is 21.5 Å². The van der Waals surface area contributed by atoms with Gasteiger partial charge in [-0.1, -0.05) is 0 Å². The first kappa shape index (κ1) is 22.7. The molecule has 0 fully saturated rings. The molecule has 0 bridgehead atoms. The van der Waals surface area contributed by atoms with Crippen molar-refractivity contribution in [2.45, 2.75) is 6.61 Å². The number of ether oxygens (including phenoxy) is 3. The van der Waals surface area contributed by atoms with E-state index in [1.54, 1.807) is 42.5 Å². The zero-order valence-corrected chi connectivity index (χ0v) is 20.0. The largest absolute Gasteiger partial charge is 0.487 e. The topological polar surface area (TPSA) is 112 Å². The molecule has 168 valence electrons. The summed E-state index contributed by atoms with van der Waals surface area (Å²) in [6.45, 7) is 0.365. The molecule has 4 rings (SSSR count). The van der Waals surface area contributed by atoms with Crippen LogP contribution in [0.15, 0.2) is 68.6 Å². The van der Waals surface area contributed by atoms with Gasteiger partial charge in [-0.25, -0.2) is 5.43 Å². The molecule has 1 aliphatic heterocycles. The summed E-state index contributed by atoms with van der Waals surface area (Å²) < 4.78 is 17.7. The minimum absolute atomic E-state index is 0.0235. The van der Waals surface area contributed by atoms with Crippen molar-refractivity contribution in [3.05, 3.63) is 90.3 Å². The Morgan fingerprint density at radius 3 is 2.48 bits per heavy atom. The number of carbonyl (C=O) groups excluding carboxylic acids is 1. The van der Waals surface area contributed by atoms with Gasteiger partial charge in [0.15, 0.2) is 11.5 Å². The van der Waals surface area contributed by atoms with Gasteiger partial charge in [0, 0.05) is 17.7 Å². The maximum absolute atomic E-state index is 12.3. The number of carbonyl (C=O) groups is 1. The molecule has 11 heteroatoms. The first-order chi connectivity index (χ1) is 15.9. The van der Waals surface area contributed by atoms with Crippen molar-refractivity contribution in [1.29, 1.82) is 0 Å².